The van der Waals surface area contributed by atoms with Crippen molar-refractivity contribution in [1.82, 2.24) is 5.16 Å². The molecule has 0 saturated heterocycles. The van der Waals surface area contributed by atoms with Crippen LogP contribution in [-0.2, 0) is 6.18 Å². The minimum atomic E-state index is -4.70. The van der Waals surface area contributed by atoms with Crippen LogP contribution in [0.2, 0.25) is 0 Å². The first-order valence-corrected chi connectivity index (χ1v) is 4.86. The number of nitrogens with two attached hydrogens (primary N) is 1. The molecular weight excluding hydrogens is 267 g/mol. The fourth-order valence-electron chi connectivity index (χ4n) is 1.45. The Bertz CT molecular complexity index is 636. The topological polar surface area (TPSA) is 95.2 Å². The molecule has 0 atom stereocenters. The van der Waals surface area contributed by atoms with Gasteiger partial charge in [0.05, 0.1) is 10.5 Å². The van der Waals surface area contributed by atoms with Crippen molar-refractivity contribution in [2.75, 3.05) is 5.73 Å². The number of halogens is 3. The van der Waals surface area contributed by atoms with Crippen LogP contribution in [-0.4, -0.2) is 10.1 Å². The van der Waals surface area contributed by atoms with Crippen molar-refractivity contribution >= 4 is 11.5 Å². The third-order valence-corrected chi connectivity index (χ3v) is 2.27. The summed E-state index contributed by atoms with van der Waals surface area (Å²) >= 11 is 0. The lowest BCUT2D eigenvalue weighted by atomic mass is 10.1. The second kappa shape index (κ2) is 4.26. The van der Waals surface area contributed by atoms with E-state index < -0.39 is 22.4 Å². The van der Waals surface area contributed by atoms with Crippen LogP contribution in [0.3, 0.4) is 0 Å². The van der Waals surface area contributed by atoms with E-state index in [9.17, 15) is 23.3 Å². The predicted octanol–water partition coefficient (Wildman–Crippen LogP) is 2.85. The Morgan fingerprint density at radius 2 is 1.95 bits per heavy atom. The van der Waals surface area contributed by atoms with Crippen LogP contribution in [0.15, 0.2) is 28.8 Å². The molecular formula is C10H6F3N3O3. The molecule has 0 saturated carbocycles. The molecule has 2 aromatic rings. The summed E-state index contributed by atoms with van der Waals surface area (Å²) < 4.78 is 42.6. The van der Waals surface area contributed by atoms with Gasteiger partial charge >= 0.3 is 6.18 Å². The van der Waals surface area contributed by atoms with Gasteiger partial charge in [-0.3, -0.25) is 10.1 Å². The fraction of sp³-hybridized carbons (Fsp3) is 0.100. The van der Waals surface area contributed by atoms with E-state index in [1.807, 2.05) is 0 Å². The Balaban J connectivity index is 2.61. The summed E-state index contributed by atoms with van der Waals surface area (Å²) in [6.45, 7) is 0. The zero-order valence-electron chi connectivity index (χ0n) is 9.14. The minimum absolute atomic E-state index is 0.0323. The zero-order chi connectivity index (χ0) is 14.2. The van der Waals surface area contributed by atoms with Crippen LogP contribution < -0.4 is 5.73 Å². The molecule has 9 heteroatoms. The van der Waals surface area contributed by atoms with Gasteiger partial charge in [0.1, 0.15) is 0 Å². The lowest BCUT2D eigenvalue weighted by Gasteiger charge is -2.07. The molecule has 1 aromatic carbocycles. The summed E-state index contributed by atoms with van der Waals surface area (Å²) in [7, 11) is 0. The number of nitro groups is 1. The summed E-state index contributed by atoms with van der Waals surface area (Å²) in [4.78, 5) is 9.72. The predicted molar refractivity (Wildman–Crippen MR) is 58.0 cm³/mol. The highest BCUT2D eigenvalue weighted by molar-refractivity contribution is 5.64. The van der Waals surface area contributed by atoms with Crippen molar-refractivity contribution in [3.05, 3.63) is 39.9 Å². The molecule has 0 radical (unpaired) electrons. The Labute approximate surface area is 103 Å². The number of alkyl halides is 3. The van der Waals surface area contributed by atoms with Gasteiger partial charge < -0.3 is 10.3 Å². The Morgan fingerprint density at radius 1 is 1.26 bits per heavy atom. The van der Waals surface area contributed by atoms with E-state index >= 15 is 0 Å². The normalized spacial score (nSPS) is 11.5. The number of hydrogen-bond acceptors (Lipinski definition) is 5. The third-order valence-electron chi connectivity index (χ3n) is 2.27. The second-order valence-electron chi connectivity index (χ2n) is 3.64. The van der Waals surface area contributed by atoms with Gasteiger partial charge in [-0.05, 0) is 6.07 Å². The largest absolute Gasteiger partial charge is 0.416 e. The number of nitrogens with zero attached hydrogens (tertiary/aromatic N) is 2. The number of anilines is 1. The molecule has 0 fully saturated rings. The molecule has 0 spiro atoms. The van der Waals surface area contributed by atoms with Crippen molar-refractivity contribution in [3.63, 3.8) is 0 Å². The van der Waals surface area contributed by atoms with E-state index in [-0.39, 0.29) is 17.1 Å². The summed E-state index contributed by atoms with van der Waals surface area (Å²) in [5.41, 5.74) is 3.32. The maximum absolute atomic E-state index is 12.6. The highest BCUT2D eigenvalue weighted by atomic mass is 19.4. The monoisotopic (exact) mass is 273 g/mol. The first-order chi connectivity index (χ1) is 8.77. The SMILES string of the molecule is Nc1cc(-c2cc([N+](=O)[O-])cc(C(F)(F)F)c2)on1. The van der Waals surface area contributed by atoms with Gasteiger partial charge in [0.25, 0.3) is 5.69 Å². The van der Waals surface area contributed by atoms with Crippen molar-refractivity contribution < 1.29 is 22.6 Å². The molecule has 19 heavy (non-hydrogen) atoms. The van der Waals surface area contributed by atoms with Crippen molar-refractivity contribution in [1.29, 1.82) is 0 Å². The van der Waals surface area contributed by atoms with Gasteiger partial charge in [-0.25, -0.2) is 0 Å². The molecule has 2 rings (SSSR count). The van der Waals surface area contributed by atoms with Crippen LogP contribution in [0.4, 0.5) is 24.7 Å². The van der Waals surface area contributed by atoms with Crippen molar-refractivity contribution in [3.8, 4) is 11.3 Å². The zero-order valence-corrected chi connectivity index (χ0v) is 9.14. The second-order valence-corrected chi connectivity index (χ2v) is 3.64. The molecule has 6 nitrogen and oxygen atoms in total. The van der Waals surface area contributed by atoms with Gasteiger partial charge in [0, 0.05) is 23.8 Å². The molecule has 0 unspecified atom stereocenters. The van der Waals surface area contributed by atoms with E-state index in [0.29, 0.717) is 6.07 Å². The van der Waals surface area contributed by atoms with Gasteiger partial charge in [0.15, 0.2) is 11.6 Å². The fourth-order valence-corrected chi connectivity index (χ4v) is 1.45. The smallest absolute Gasteiger partial charge is 0.381 e. The summed E-state index contributed by atoms with van der Waals surface area (Å²) in [6, 6.07) is 3.31. The number of hydrogen-bond donors (Lipinski definition) is 1. The highest BCUT2D eigenvalue weighted by Gasteiger charge is 2.33. The molecule has 0 aliphatic rings. The third kappa shape index (κ3) is 2.64. The Morgan fingerprint density at radius 3 is 2.42 bits per heavy atom. The maximum atomic E-state index is 12.6. The van der Waals surface area contributed by atoms with Crippen LogP contribution in [0.5, 0.6) is 0 Å². The average Bonchev–Trinajstić information content (AvgIpc) is 2.74. The molecule has 1 aromatic heterocycles. The van der Waals surface area contributed by atoms with E-state index in [2.05, 4.69) is 9.68 Å². The highest BCUT2D eigenvalue weighted by Crippen LogP contribution is 2.35. The number of rotatable bonds is 2. The van der Waals surface area contributed by atoms with E-state index in [1.54, 1.807) is 0 Å². The average molecular weight is 273 g/mol. The first-order valence-electron chi connectivity index (χ1n) is 4.86. The molecule has 0 amide bonds. The van der Waals surface area contributed by atoms with E-state index in [4.69, 9.17) is 5.73 Å². The van der Waals surface area contributed by atoms with Crippen LogP contribution >= 0.6 is 0 Å². The van der Waals surface area contributed by atoms with E-state index in [1.165, 1.54) is 6.07 Å². The van der Waals surface area contributed by atoms with Gasteiger partial charge in [-0.1, -0.05) is 5.16 Å². The number of aromatic nitrogens is 1. The lowest BCUT2D eigenvalue weighted by molar-refractivity contribution is -0.385. The quantitative estimate of drug-likeness (QED) is 0.670. The molecule has 2 N–H and O–H groups in total. The lowest BCUT2D eigenvalue weighted by Crippen LogP contribution is -2.06. The molecule has 100 valence electrons. The van der Waals surface area contributed by atoms with Crippen molar-refractivity contribution in [2.45, 2.75) is 6.18 Å². The minimum Gasteiger partial charge on any atom is -0.381 e. The van der Waals surface area contributed by atoms with Crippen LogP contribution in [0.1, 0.15) is 5.56 Å². The molecule has 0 bridgehead atoms. The molecule has 1 heterocycles. The van der Waals surface area contributed by atoms with Crippen LogP contribution in [0, 0.1) is 10.1 Å². The van der Waals surface area contributed by atoms with Crippen molar-refractivity contribution in [2.24, 2.45) is 0 Å². The number of benzene rings is 1. The van der Waals surface area contributed by atoms with E-state index in [0.717, 1.165) is 12.1 Å². The maximum Gasteiger partial charge on any atom is 0.416 e. The van der Waals surface area contributed by atoms with Gasteiger partial charge in [-0.15, -0.1) is 0 Å². The number of non-ortho nitro benzene ring substituents is 1. The Hall–Kier alpha value is -2.58. The van der Waals surface area contributed by atoms with Crippen LogP contribution in [0.25, 0.3) is 11.3 Å². The number of nitro benzene ring substituents is 1. The molecule has 0 aliphatic carbocycles. The Kier molecular flexibility index (Phi) is 2.89. The molecule has 0 aliphatic heterocycles. The summed E-state index contributed by atoms with van der Waals surface area (Å²) in [6.07, 6.45) is -4.70. The van der Waals surface area contributed by atoms with Gasteiger partial charge in [0.2, 0.25) is 0 Å². The number of nitrogen functional groups attached to an aromatic ring is 1. The standard InChI is InChI=1S/C10H6F3N3O3/c11-10(12,13)6-1-5(2-7(3-6)16(17)18)8-4-9(14)15-19-8/h1-4H,(H2,14,15). The van der Waals surface area contributed by atoms with Gasteiger partial charge in [-0.2, -0.15) is 13.2 Å². The summed E-state index contributed by atoms with van der Waals surface area (Å²) in [5, 5.41) is 13.9. The first kappa shape index (κ1) is 12.9. The summed E-state index contributed by atoms with van der Waals surface area (Å²) in [5.74, 6) is -0.109.